The number of aliphatic carboxylic acids is 2. The SMILES string of the molecule is CC(C)(C)OC(=O)N1CCN([C@H](C(=O)O)c2cn(CC(=O)O)c3ccccc23)CC1. The Morgan fingerprint density at radius 1 is 1.07 bits per heavy atom. The van der Waals surface area contributed by atoms with Gasteiger partial charge in [0, 0.05) is 48.8 Å². The molecule has 1 fully saturated rings. The molecule has 0 aliphatic carbocycles. The van der Waals surface area contributed by atoms with E-state index in [0.717, 1.165) is 0 Å². The van der Waals surface area contributed by atoms with E-state index in [1.807, 2.05) is 0 Å². The number of hydrogen-bond donors (Lipinski definition) is 2. The van der Waals surface area contributed by atoms with Crippen LogP contribution in [0.3, 0.4) is 0 Å². The van der Waals surface area contributed by atoms with Crippen LogP contribution in [0.5, 0.6) is 0 Å². The zero-order chi connectivity index (χ0) is 22.1. The third-order valence-corrected chi connectivity index (χ3v) is 4.98. The monoisotopic (exact) mass is 417 g/mol. The van der Waals surface area contributed by atoms with Crippen LogP contribution in [0.25, 0.3) is 10.9 Å². The highest BCUT2D eigenvalue weighted by atomic mass is 16.6. The smallest absolute Gasteiger partial charge is 0.410 e. The molecule has 1 aromatic heterocycles. The lowest BCUT2D eigenvalue weighted by molar-refractivity contribution is -0.144. The van der Waals surface area contributed by atoms with Gasteiger partial charge in [0.15, 0.2) is 0 Å². The van der Waals surface area contributed by atoms with Gasteiger partial charge in [-0.1, -0.05) is 18.2 Å². The van der Waals surface area contributed by atoms with Gasteiger partial charge in [0.2, 0.25) is 0 Å². The van der Waals surface area contributed by atoms with E-state index in [1.54, 1.807) is 65.6 Å². The summed E-state index contributed by atoms with van der Waals surface area (Å²) in [5.74, 6) is -2.01. The van der Waals surface area contributed by atoms with Crippen LogP contribution in [0, 0.1) is 0 Å². The number of aromatic nitrogens is 1. The van der Waals surface area contributed by atoms with Gasteiger partial charge >= 0.3 is 18.0 Å². The van der Waals surface area contributed by atoms with Gasteiger partial charge in [-0.15, -0.1) is 0 Å². The third kappa shape index (κ3) is 4.73. The molecule has 1 saturated heterocycles. The van der Waals surface area contributed by atoms with Gasteiger partial charge in [0.25, 0.3) is 0 Å². The number of nitrogens with zero attached hydrogens (tertiary/aromatic N) is 3. The van der Waals surface area contributed by atoms with E-state index in [4.69, 9.17) is 4.74 Å². The molecule has 3 rings (SSSR count). The Labute approximate surface area is 174 Å². The van der Waals surface area contributed by atoms with Crippen molar-refractivity contribution in [3.05, 3.63) is 36.0 Å². The van der Waals surface area contributed by atoms with E-state index in [2.05, 4.69) is 0 Å². The lowest BCUT2D eigenvalue weighted by atomic mass is 10.0. The predicted molar refractivity (Wildman–Crippen MR) is 109 cm³/mol. The number of para-hydroxylation sites is 1. The molecule has 0 radical (unpaired) electrons. The molecular formula is C21H27N3O6. The number of rotatable bonds is 5. The summed E-state index contributed by atoms with van der Waals surface area (Å²) >= 11 is 0. The van der Waals surface area contributed by atoms with Crippen LogP contribution in [0.15, 0.2) is 30.5 Å². The lowest BCUT2D eigenvalue weighted by Crippen LogP contribution is -2.51. The van der Waals surface area contributed by atoms with Crippen molar-refractivity contribution in [2.75, 3.05) is 26.2 Å². The number of piperazine rings is 1. The largest absolute Gasteiger partial charge is 0.480 e. The highest BCUT2D eigenvalue weighted by Gasteiger charge is 2.34. The van der Waals surface area contributed by atoms with Crippen molar-refractivity contribution in [3.8, 4) is 0 Å². The van der Waals surface area contributed by atoms with Crippen molar-refractivity contribution in [2.45, 2.75) is 39.0 Å². The highest BCUT2D eigenvalue weighted by Crippen LogP contribution is 2.31. The average molecular weight is 417 g/mol. The fraction of sp³-hybridized carbons (Fsp3) is 0.476. The summed E-state index contributed by atoms with van der Waals surface area (Å²) in [5.41, 5.74) is 0.627. The second-order valence-electron chi connectivity index (χ2n) is 8.37. The number of carbonyl (C=O) groups excluding carboxylic acids is 1. The quantitative estimate of drug-likeness (QED) is 0.768. The van der Waals surface area contributed by atoms with Gasteiger partial charge in [0.05, 0.1) is 0 Å². The fourth-order valence-corrected chi connectivity index (χ4v) is 3.74. The number of carboxylic acids is 2. The minimum absolute atomic E-state index is 0.251. The molecule has 9 nitrogen and oxygen atoms in total. The Balaban J connectivity index is 1.84. The van der Waals surface area contributed by atoms with Crippen molar-refractivity contribution < 1.29 is 29.3 Å². The molecule has 30 heavy (non-hydrogen) atoms. The van der Waals surface area contributed by atoms with Crippen LogP contribution in [-0.4, -0.2) is 74.4 Å². The molecule has 9 heteroatoms. The number of fused-ring (bicyclic) bond motifs is 1. The van der Waals surface area contributed by atoms with Crippen LogP contribution in [0.1, 0.15) is 32.4 Å². The van der Waals surface area contributed by atoms with E-state index >= 15 is 0 Å². The van der Waals surface area contributed by atoms with E-state index in [9.17, 15) is 24.6 Å². The Morgan fingerprint density at radius 3 is 2.27 bits per heavy atom. The maximum absolute atomic E-state index is 12.3. The van der Waals surface area contributed by atoms with Gasteiger partial charge in [-0.2, -0.15) is 0 Å². The summed E-state index contributed by atoms with van der Waals surface area (Å²) in [4.78, 5) is 39.1. The highest BCUT2D eigenvalue weighted by molar-refractivity contribution is 5.90. The summed E-state index contributed by atoms with van der Waals surface area (Å²) in [7, 11) is 0. The number of amides is 1. The van der Waals surface area contributed by atoms with Crippen LogP contribution in [0.2, 0.25) is 0 Å². The molecule has 2 aromatic rings. The average Bonchev–Trinajstić information content (AvgIpc) is 2.98. The van der Waals surface area contributed by atoms with Gasteiger partial charge in [-0.25, -0.2) is 4.79 Å². The zero-order valence-corrected chi connectivity index (χ0v) is 17.4. The van der Waals surface area contributed by atoms with E-state index in [-0.39, 0.29) is 6.54 Å². The van der Waals surface area contributed by atoms with E-state index < -0.39 is 29.7 Å². The third-order valence-electron chi connectivity index (χ3n) is 4.98. The van der Waals surface area contributed by atoms with Crippen LogP contribution in [0.4, 0.5) is 4.79 Å². The number of hydrogen-bond acceptors (Lipinski definition) is 5. The van der Waals surface area contributed by atoms with Gasteiger partial charge < -0.3 is 24.4 Å². The Kier molecular flexibility index (Phi) is 6.02. The topological polar surface area (TPSA) is 112 Å². The predicted octanol–water partition coefficient (Wildman–Crippen LogP) is 2.40. The molecule has 162 valence electrons. The van der Waals surface area contributed by atoms with E-state index in [0.29, 0.717) is 42.6 Å². The van der Waals surface area contributed by atoms with Crippen molar-refractivity contribution >= 4 is 28.9 Å². The molecule has 2 heterocycles. The Morgan fingerprint density at radius 2 is 1.70 bits per heavy atom. The molecule has 0 unspecified atom stereocenters. The van der Waals surface area contributed by atoms with Gasteiger partial charge in [0.1, 0.15) is 18.2 Å². The van der Waals surface area contributed by atoms with Crippen LogP contribution < -0.4 is 0 Å². The molecule has 2 N–H and O–H groups in total. The van der Waals surface area contributed by atoms with Crippen molar-refractivity contribution in [3.63, 3.8) is 0 Å². The first-order valence-corrected chi connectivity index (χ1v) is 9.81. The van der Waals surface area contributed by atoms with Crippen molar-refractivity contribution in [1.82, 2.24) is 14.4 Å². The lowest BCUT2D eigenvalue weighted by Gasteiger charge is -2.38. The normalized spacial score (nSPS) is 16.4. The summed E-state index contributed by atoms with van der Waals surface area (Å²) < 4.78 is 6.95. The number of carbonyl (C=O) groups is 3. The van der Waals surface area contributed by atoms with E-state index in [1.165, 1.54) is 0 Å². The van der Waals surface area contributed by atoms with Crippen LogP contribution >= 0.6 is 0 Å². The van der Waals surface area contributed by atoms with Crippen molar-refractivity contribution in [1.29, 1.82) is 0 Å². The minimum Gasteiger partial charge on any atom is -0.480 e. The maximum Gasteiger partial charge on any atom is 0.410 e. The fourth-order valence-electron chi connectivity index (χ4n) is 3.74. The molecular weight excluding hydrogens is 390 g/mol. The van der Waals surface area contributed by atoms with Crippen LogP contribution in [-0.2, 0) is 20.9 Å². The summed E-state index contributed by atoms with van der Waals surface area (Å²) in [6.45, 7) is 6.60. The van der Waals surface area contributed by atoms with Crippen molar-refractivity contribution in [2.24, 2.45) is 0 Å². The van der Waals surface area contributed by atoms with Gasteiger partial charge in [-0.05, 0) is 26.8 Å². The standard InChI is InChI=1S/C21H27N3O6/c1-21(2,3)30-20(29)23-10-8-22(9-11-23)18(19(27)28)15-12-24(13-17(25)26)16-7-5-4-6-14(15)16/h4-7,12,18H,8-11,13H2,1-3H3,(H,25,26)(H,27,28)/t18-/m0/s1. The molecule has 1 amide bonds. The maximum atomic E-state index is 12.3. The summed E-state index contributed by atoms with van der Waals surface area (Å²) in [6.07, 6.45) is 1.20. The number of carboxylic acid groups (broad SMARTS) is 2. The second-order valence-corrected chi connectivity index (χ2v) is 8.37. The molecule has 1 aromatic carbocycles. The zero-order valence-electron chi connectivity index (χ0n) is 17.4. The summed E-state index contributed by atoms with van der Waals surface area (Å²) in [6, 6.07) is 6.23. The molecule has 1 aliphatic heterocycles. The molecule has 1 aliphatic rings. The minimum atomic E-state index is -1.01. The Hall–Kier alpha value is -3.07. The summed E-state index contributed by atoms with van der Waals surface area (Å²) in [5, 5.41) is 19.9. The molecule has 0 saturated carbocycles. The van der Waals surface area contributed by atoms with Gasteiger partial charge in [-0.3, -0.25) is 14.5 Å². The number of benzene rings is 1. The number of ether oxygens (including phenoxy) is 1. The first-order chi connectivity index (χ1) is 14.1. The molecule has 1 atom stereocenters. The first kappa shape index (κ1) is 21.6. The second kappa shape index (κ2) is 8.35. The molecule has 0 spiro atoms. The Bertz CT molecular complexity index is 953. The first-order valence-electron chi connectivity index (χ1n) is 9.81. The molecule has 0 bridgehead atoms.